The third kappa shape index (κ3) is 3.82. The van der Waals surface area contributed by atoms with Crippen LogP contribution in [-0.4, -0.2) is 12.9 Å². The molecule has 2 rings (SSSR count). The van der Waals surface area contributed by atoms with Crippen molar-refractivity contribution < 1.29 is 13.9 Å². The average molecular weight is 272 g/mol. The van der Waals surface area contributed by atoms with Crippen LogP contribution in [0, 0.1) is 0 Å². The number of hydrogen-bond acceptors (Lipinski definition) is 4. The lowest BCUT2D eigenvalue weighted by Crippen LogP contribution is -1.97. The minimum absolute atomic E-state index is 0.376. The first-order valence-corrected chi connectivity index (χ1v) is 6.45. The summed E-state index contributed by atoms with van der Waals surface area (Å²) in [6.07, 6.45) is 4.13. The number of allylic oxidation sites excluding steroid dienone is 1. The molecule has 20 heavy (non-hydrogen) atoms. The van der Waals surface area contributed by atoms with E-state index in [1.165, 1.54) is 6.07 Å². The summed E-state index contributed by atoms with van der Waals surface area (Å²) in [6, 6.07) is 8.48. The smallest absolute Gasteiger partial charge is 0.336 e. The first-order valence-electron chi connectivity index (χ1n) is 6.45. The van der Waals surface area contributed by atoms with E-state index in [4.69, 9.17) is 9.15 Å². The molecule has 0 spiro atoms. The maximum atomic E-state index is 11.2. The van der Waals surface area contributed by atoms with Gasteiger partial charge in [0.1, 0.15) is 24.2 Å². The molecule has 1 aromatic heterocycles. The predicted octanol–water partition coefficient (Wildman–Crippen LogP) is 3.10. The van der Waals surface area contributed by atoms with E-state index in [-0.39, 0.29) is 5.63 Å². The van der Waals surface area contributed by atoms with Crippen molar-refractivity contribution in [3.05, 3.63) is 52.4 Å². The van der Waals surface area contributed by atoms with Crippen LogP contribution in [0.4, 0.5) is 0 Å². The van der Waals surface area contributed by atoms with E-state index in [1.807, 2.05) is 25.1 Å². The fourth-order valence-electron chi connectivity index (χ4n) is 1.80. The molecule has 1 aromatic carbocycles. The van der Waals surface area contributed by atoms with Gasteiger partial charge in [0.15, 0.2) is 0 Å². The first-order chi connectivity index (χ1) is 9.69. The summed E-state index contributed by atoms with van der Waals surface area (Å²) >= 11 is 0. The third-order valence-corrected chi connectivity index (χ3v) is 2.93. The van der Waals surface area contributed by atoms with Crippen molar-refractivity contribution in [2.45, 2.75) is 19.8 Å². The van der Waals surface area contributed by atoms with Crippen LogP contribution in [0.15, 0.2) is 51.2 Å². The molecule has 0 aliphatic heterocycles. The highest BCUT2D eigenvalue weighted by Gasteiger charge is 2.00. The number of carbonyl (C=O) groups is 1. The lowest BCUT2D eigenvalue weighted by atomic mass is 10.2. The van der Waals surface area contributed by atoms with Crippen molar-refractivity contribution in [3.63, 3.8) is 0 Å². The summed E-state index contributed by atoms with van der Waals surface area (Å²) in [6.45, 7) is 2.39. The molecule has 1 heterocycles. The Kier molecular flexibility index (Phi) is 4.71. The summed E-state index contributed by atoms with van der Waals surface area (Å²) < 4.78 is 10.7. The summed E-state index contributed by atoms with van der Waals surface area (Å²) in [5, 5.41) is 0.856. The van der Waals surface area contributed by atoms with Crippen molar-refractivity contribution in [3.8, 4) is 5.75 Å². The van der Waals surface area contributed by atoms with Crippen molar-refractivity contribution in [2.24, 2.45) is 0 Å². The lowest BCUT2D eigenvalue weighted by molar-refractivity contribution is -0.107. The zero-order chi connectivity index (χ0) is 14.4. The summed E-state index contributed by atoms with van der Waals surface area (Å²) in [7, 11) is 0. The zero-order valence-corrected chi connectivity index (χ0v) is 11.3. The molecule has 2 aromatic rings. The van der Waals surface area contributed by atoms with Gasteiger partial charge in [0.25, 0.3) is 0 Å². The van der Waals surface area contributed by atoms with Crippen LogP contribution < -0.4 is 10.4 Å². The fourth-order valence-corrected chi connectivity index (χ4v) is 1.80. The highest BCUT2D eigenvalue weighted by molar-refractivity contribution is 5.77. The fraction of sp³-hybridized carbons (Fsp3) is 0.250. The van der Waals surface area contributed by atoms with Crippen LogP contribution in [0.1, 0.15) is 19.8 Å². The first kappa shape index (κ1) is 14.1. The van der Waals surface area contributed by atoms with Crippen LogP contribution in [0.25, 0.3) is 11.0 Å². The second-order valence-electron chi connectivity index (χ2n) is 4.52. The van der Waals surface area contributed by atoms with Gasteiger partial charge in [0.05, 0.1) is 0 Å². The van der Waals surface area contributed by atoms with Crippen molar-refractivity contribution in [2.75, 3.05) is 6.61 Å². The van der Waals surface area contributed by atoms with E-state index in [0.29, 0.717) is 24.4 Å². The second-order valence-corrected chi connectivity index (χ2v) is 4.52. The molecule has 0 bridgehead atoms. The van der Waals surface area contributed by atoms with Gasteiger partial charge in [-0.3, -0.25) is 0 Å². The monoisotopic (exact) mass is 272 g/mol. The number of aldehydes is 1. The molecule has 0 saturated heterocycles. The van der Waals surface area contributed by atoms with Crippen LogP contribution in [0.5, 0.6) is 5.75 Å². The average Bonchev–Trinajstić information content (AvgIpc) is 2.44. The second kappa shape index (κ2) is 6.70. The molecule has 0 N–H and O–H groups in total. The van der Waals surface area contributed by atoms with E-state index in [2.05, 4.69) is 0 Å². The maximum Gasteiger partial charge on any atom is 0.336 e. The Bertz CT molecular complexity index is 682. The predicted molar refractivity (Wildman–Crippen MR) is 77.0 cm³/mol. The van der Waals surface area contributed by atoms with E-state index in [1.54, 1.807) is 12.1 Å². The molecule has 0 atom stereocenters. The highest BCUT2D eigenvalue weighted by Crippen LogP contribution is 2.19. The van der Waals surface area contributed by atoms with Gasteiger partial charge < -0.3 is 13.9 Å². The molecule has 0 unspecified atom stereocenters. The number of rotatable bonds is 6. The Morgan fingerprint density at radius 1 is 1.30 bits per heavy atom. The number of fused-ring (bicyclic) bond motifs is 1. The van der Waals surface area contributed by atoms with Gasteiger partial charge in [-0.25, -0.2) is 4.79 Å². The molecular formula is C16H16O4. The van der Waals surface area contributed by atoms with Gasteiger partial charge in [0, 0.05) is 23.9 Å². The summed E-state index contributed by atoms with van der Waals surface area (Å²) in [5.74, 6) is 0.645. The highest BCUT2D eigenvalue weighted by atomic mass is 16.5. The molecule has 0 fully saturated rings. The molecule has 0 radical (unpaired) electrons. The van der Waals surface area contributed by atoms with Gasteiger partial charge in [-0.2, -0.15) is 0 Å². The Morgan fingerprint density at radius 2 is 2.10 bits per heavy atom. The zero-order valence-electron chi connectivity index (χ0n) is 11.3. The minimum atomic E-state index is -0.376. The summed E-state index contributed by atoms with van der Waals surface area (Å²) in [5.41, 5.74) is 1.25. The summed E-state index contributed by atoms with van der Waals surface area (Å²) in [4.78, 5) is 21.4. The van der Waals surface area contributed by atoms with Gasteiger partial charge in [0.2, 0.25) is 0 Å². The van der Waals surface area contributed by atoms with Gasteiger partial charge in [-0.15, -0.1) is 0 Å². The molecule has 4 nitrogen and oxygen atoms in total. The molecular weight excluding hydrogens is 256 g/mol. The molecule has 0 saturated carbocycles. The lowest BCUT2D eigenvalue weighted by Gasteiger charge is -2.05. The minimum Gasteiger partial charge on any atom is -0.489 e. The Hall–Kier alpha value is -2.36. The maximum absolute atomic E-state index is 11.2. The number of hydrogen-bond donors (Lipinski definition) is 0. The number of ether oxygens (including phenoxy) is 1. The van der Waals surface area contributed by atoms with Crippen LogP contribution in [0.3, 0.4) is 0 Å². The molecule has 0 aliphatic rings. The normalized spacial score (nSPS) is 11.6. The number of benzene rings is 1. The molecule has 104 valence electrons. The standard InChI is InChI=1S/C16H16O4/c1-12(3-2-9-17)8-10-19-14-6-4-13-5-7-16(18)20-15(13)11-14/h4-9,11H,2-3,10H2,1H3/b12-8+. The molecule has 0 aliphatic carbocycles. The third-order valence-electron chi connectivity index (χ3n) is 2.93. The van der Waals surface area contributed by atoms with Crippen molar-refractivity contribution in [1.82, 2.24) is 0 Å². The van der Waals surface area contributed by atoms with Crippen LogP contribution in [-0.2, 0) is 4.79 Å². The molecule has 4 heteroatoms. The Morgan fingerprint density at radius 3 is 2.90 bits per heavy atom. The SMILES string of the molecule is C/C(=C\COc1ccc2ccc(=O)oc2c1)CCC=O. The topological polar surface area (TPSA) is 56.5 Å². The van der Waals surface area contributed by atoms with Crippen molar-refractivity contribution >= 4 is 17.3 Å². The van der Waals surface area contributed by atoms with Crippen molar-refractivity contribution in [1.29, 1.82) is 0 Å². The van der Waals surface area contributed by atoms with E-state index >= 15 is 0 Å². The van der Waals surface area contributed by atoms with Gasteiger partial charge in [-0.1, -0.05) is 5.57 Å². The Balaban J connectivity index is 2.03. The van der Waals surface area contributed by atoms with Crippen LogP contribution in [0.2, 0.25) is 0 Å². The Labute approximate surface area is 116 Å². The van der Waals surface area contributed by atoms with E-state index in [0.717, 1.165) is 23.7 Å². The van der Waals surface area contributed by atoms with Crippen LogP contribution >= 0.6 is 0 Å². The molecule has 0 amide bonds. The quantitative estimate of drug-likeness (QED) is 0.460. The number of carbonyl (C=O) groups excluding carboxylic acids is 1. The van der Waals surface area contributed by atoms with E-state index in [9.17, 15) is 9.59 Å². The largest absolute Gasteiger partial charge is 0.489 e. The van der Waals surface area contributed by atoms with Gasteiger partial charge >= 0.3 is 5.63 Å². The van der Waals surface area contributed by atoms with E-state index < -0.39 is 0 Å². The van der Waals surface area contributed by atoms with Gasteiger partial charge in [-0.05, 0) is 37.6 Å².